The van der Waals surface area contributed by atoms with Gasteiger partial charge in [0.15, 0.2) is 0 Å². The van der Waals surface area contributed by atoms with Crippen LogP contribution in [0.3, 0.4) is 0 Å². The van der Waals surface area contributed by atoms with Crippen LogP contribution in [0.15, 0.2) is 41.3 Å². The number of carbonyl (C=O) groups excluding carboxylic acids is 2. The second-order valence-corrected chi connectivity index (χ2v) is 7.51. The zero-order chi connectivity index (χ0) is 19.4. The fourth-order valence-electron chi connectivity index (χ4n) is 2.65. The summed E-state index contributed by atoms with van der Waals surface area (Å²) in [5.41, 5.74) is 2.90. The van der Waals surface area contributed by atoms with Gasteiger partial charge in [-0.15, -0.1) is 0 Å². The molecule has 1 aliphatic rings. The van der Waals surface area contributed by atoms with Gasteiger partial charge in [0.05, 0.1) is 4.91 Å². The number of ether oxygens (including phenoxy) is 2. The van der Waals surface area contributed by atoms with Crippen LogP contribution in [0.5, 0.6) is 11.5 Å². The Balaban J connectivity index is 1.66. The lowest BCUT2D eigenvalue weighted by Gasteiger charge is -2.12. The fraction of sp³-hybridized carbons (Fsp3) is 0.200. The number of amides is 2. The number of hydrogen-bond acceptors (Lipinski definition) is 5. The molecule has 2 aromatic carbocycles. The highest BCUT2D eigenvalue weighted by atomic mass is 35.5. The van der Waals surface area contributed by atoms with E-state index in [4.69, 9.17) is 21.1 Å². The van der Waals surface area contributed by atoms with E-state index < -0.39 is 11.1 Å². The van der Waals surface area contributed by atoms with Gasteiger partial charge in [0, 0.05) is 10.6 Å². The molecule has 1 N–H and O–H groups in total. The molecule has 3 rings (SSSR count). The SMILES string of the molecule is Cc1cc(C)cc(OCCOc2ccc(Cl)cc2C=C2SC(=O)NC2=O)c1. The minimum atomic E-state index is -0.422. The van der Waals surface area contributed by atoms with Gasteiger partial charge in [-0.2, -0.15) is 0 Å². The molecule has 27 heavy (non-hydrogen) atoms. The number of carbonyl (C=O) groups is 2. The minimum absolute atomic E-state index is 0.304. The number of aryl methyl sites for hydroxylation is 2. The van der Waals surface area contributed by atoms with E-state index in [1.165, 1.54) is 0 Å². The van der Waals surface area contributed by atoms with Crippen molar-refractivity contribution >= 4 is 40.6 Å². The molecule has 5 nitrogen and oxygen atoms in total. The van der Waals surface area contributed by atoms with Crippen molar-refractivity contribution in [3.05, 3.63) is 63.0 Å². The maximum atomic E-state index is 11.7. The normalized spacial score (nSPS) is 15.1. The minimum Gasteiger partial charge on any atom is -0.490 e. The van der Waals surface area contributed by atoms with Crippen molar-refractivity contribution in [1.82, 2.24) is 5.32 Å². The second kappa shape index (κ2) is 8.50. The predicted molar refractivity (Wildman–Crippen MR) is 107 cm³/mol. The number of nitrogens with one attached hydrogen (secondary N) is 1. The molecule has 2 amide bonds. The maximum absolute atomic E-state index is 11.7. The molecule has 1 fully saturated rings. The first-order valence-electron chi connectivity index (χ1n) is 8.29. The average molecular weight is 404 g/mol. The summed E-state index contributed by atoms with van der Waals surface area (Å²) in [5.74, 6) is 0.935. The Kier molecular flexibility index (Phi) is 6.08. The van der Waals surface area contributed by atoms with E-state index >= 15 is 0 Å². The van der Waals surface area contributed by atoms with Crippen molar-refractivity contribution in [2.75, 3.05) is 13.2 Å². The van der Waals surface area contributed by atoms with Crippen LogP contribution < -0.4 is 14.8 Å². The number of rotatable bonds is 6. The Morgan fingerprint density at radius 3 is 2.41 bits per heavy atom. The monoisotopic (exact) mass is 403 g/mol. The number of thioether (sulfide) groups is 1. The smallest absolute Gasteiger partial charge is 0.290 e. The van der Waals surface area contributed by atoms with Crippen molar-refractivity contribution in [3.8, 4) is 11.5 Å². The molecule has 7 heteroatoms. The molecule has 2 aromatic rings. The molecule has 1 heterocycles. The van der Waals surface area contributed by atoms with Crippen LogP contribution in [0, 0.1) is 13.8 Å². The van der Waals surface area contributed by atoms with Crippen LogP contribution in [0.4, 0.5) is 4.79 Å². The Bertz CT molecular complexity index is 906. The molecule has 0 atom stereocenters. The van der Waals surface area contributed by atoms with Gasteiger partial charge < -0.3 is 9.47 Å². The van der Waals surface area contributed by atoms with E-state index in [0.29, 0.717) is 34.5 Å². The van der Waals surface area contributed by atoms with Gasteiger partial charge in [-0.05, 0) is 73.1 Å². The van der Waals surface area contributed by atoms with Crippen LogP contribution in [0.2, 0.25) is 5.02 Å². The quantitative estimate of drug-likeness (QED) is 0.557. The summed E-state index contributed by atoms with van der Waals surface area (Å²) in [6, 6.07) is 11.1. The fourth-order valence-corrected chi connectivity index (χ4v) is 3.51. The highest BCUT2D eigenvalue weighted by Gasteiger charge is 2.25. The first-order valence-corrected chi connectivity index (χ1v) is 9.48. The molecule has 0 aliphatic carbocycles. The largest absolute Gasteiger partial charge is 0.490 e. The van der Waals surface area contributed by atoms with Gasteiger partial charge in [0.25, 0.3) is 11.1 Å². The molecule has 0 radical (unpaired) electrons. The highest BCUT2D eigenvalue weighted by Crippen LogP contribution is 2.30. The number of halogens is 1. The van der Waals surface area contributed by atoms with E-state index in [0.717, 1.165) is 28.6 Å². The zero-order valence-electron chi connectivity index (χ0n) is 14.9. The van der Waals surface area contributed by atoms with Crippen LogP contribution >= 0.6 is 23.4 Å². The lowest BCUT2D eigenvalue weighted by molar-refractivity contribution is -0.115. The molecule has 140 valence electrons. The topological polar surface area (TPSA) is 64.6 Å². The third kappa shape index (κ3) is 5.28. The predicted octanol–water partition coefficient (Wildman–Crippen LogP) is 4.74. The molecule has 0 unspecified atom stereocenters. The van der Waals surface area contributed by atoms with Crippen molar-refractivity contribution in [3.63, 3.8) is 0 Å². The van der Waals surface area contributed by atoms with Crippen LogP contribution in [0.1, 0.15) is 16.7 Å². The van der Waals surface area contributed by atoms with Crippen molar-refractivity contribution in [2.45, 2.75) is 13.8 Å². The van der Waals surface area contributed by atoms with E-state index in [1.807, 2.05) is 26.0 Å². The van der Waals surface area contributed by atoms with E-state index in [-0.39, 0.29) is 0 Å². The average Bonchev–Trinajstić information content (AvgIpc) is 2.89. The van der Waals surface area contributed by atoms with Gasteiger partial charge in [-0.3, -0.25) is 14.9 Å². The lowest BCUT2D eigenvalue weighted by atomic mass is 10.1. The molecular formula is C20H18ClNO4S. The summed E-state index contributed by atoms with van der Waals surface area (Å²) < 4.78 is 11.5. The molecule has 0 saturated carbocycles. The summed E-state index contributed by atoms with van der Waals surface area (Å²) in [6.07, 6.45) is 1.59. The maximum Gasteiger partial charge on any atom is 0.290 e. The highest BCUT2D eigenvalue weighted by molar-refractivity contribution is 8.18. The summed E-state index contributed by atoms with van der Waals surface area (Å²) >= 11 is 6.90. The summed E-state index contributed by atoms with van der Waals surface area (Å²) in [6.45, 7) is 4.73. The summed E-state index contributed by atoms with van der Waals surface area (Å²) in [5, 5.41) is 2.34. The third-order valence-corrected chi connectivity index (χ3v) is 4.75. The number of hydrogen-bond donors (Lipinski definition) is 1. The van der Waals surface area contributed by atoms with E-state index in [9.17, 15) is 9.59 Å². The Morgan fingerprint density at radius 2 is 1.74 bits per heavy atom. The first-order chi connectivity index (χ1) is 12.9. The van der Waals surface area contributed by atoms with E-state index in [2.05, 4.69) is 11.4 Å². The van der Waals surface area contributed by atoms with E-state index in [1.54, 1.807) is 24.3 Å². The third-order valence-electron chi connectivity index (χ3n) is 3.71. The molecule has 0 spiro atoms. The molecular weight excluding hydrogens is 386 g/mol. The number of benzene rings is 2. The molecule has 0 aromatic heterocycles. The second-order valence-electron chi connectivity index (χ2n) is 6.05. The van der Waals surface area contributed by atoms with Crippen molar-refractivity contribution in [2.24, 2.45) is 0 Å². The molecule has 1 aliphatic heterocycles. The first kappa shape index (κ1) is 19.3. The molecule has 1 saturated heterocycles. The van der Waals surface area contributed by atoms with Crippen molar-refractivity contribution in [1.29, 1.82) is 0 Å². The lowest BCUT2D eigenvalue weighted by Crippen LogP contribution is -2.17. The van der Waals surface area contributed by atoms with Crippen LogP contribution in [0.25, 0.3) is 6.08 Å². The number of imide groups is 1. The van der Waals surface area contributed by atoms with Crippen LogP contribution in [-0.4, -0.2) is 24.4 Å². The summed E-state index contributed by atoms with van der Waals surface area (Å²) in [7, 11) is 0. The summed E-state index contributed by atoms with van der Waals surface area (Å²) in [4.78, 5) is 23.4. The van der Waals surface area contributed by atoms with Gasteiger partial charge in [0.1, 0.15) is 24.7 Å². The van der Waals surface area contributed by atoms with Crippen molar-refractivity contribution < 1.29 is 19.1 Å². The Hall–Kier alpha value is -2.44. The van der Waals surface area contributed by atoms with Gasteiger partial charge in [-0.1, -0.05) is 17.7 Å². The van der Waals surface area contributed by atoms with Crippen LogP contribution in [-0.2, 0) is 4.79 Å². The van der Waals surface area contributed by atoms with Gasteiger partial charge in [-0.25, -0.2) is 0 Å². The van der Waals surface area contributed by atoms with Gasteiger partial charge >= 0.3 is 0 Å². The Labute approximate surface area is 166 Å². The zero-order valence-corrected chi connectivity index (χ0v) is 16.4. The standard InChI is InChI=1S/C20H18ClNO4S/c1-12-7-13(2)9-16(8-12)25-5-6-26-17-4-3-15(21)10-14(17)11-18-19(23)22-20(24)27-18/h3-4,7-11H,5-6H2,1-2H3,(H,22,23,24). The molecule has 0 bridgehead atoms. The Morgan fingerprint density at radius 1 is 1.04 bits per heavy atom. The van der Waals surface area contributed by atoms with Gasteiger partial charge in [0.2, 0.25) is 0 Å².